The molecule has 0 aliphatic heterocycles. The summed E-state index contributed by atoms with van der Waals surface area (Å²) >= 11 is 5.61. The van der Waals surface area contributed by atoms with Crippen LogP contribution in [0.4, 0.5) is 4.39 Å². The fourth-order valence-corrected chi connectivity index (χ4v) is 3.69. The van der Waals surface area contributed by atoms with Gasteiger partial charge < -0.3 is 5.11 Å². The standard InChI is InChI=1S/C12H17ClFNO3S/c1-9(2)15(7-4-8-16)19(17,18)11-6-3-5-10(13)12(11)14/h3,5-6,9,16H,4,7-8H2,1-2H3. The van der Waals surface area contributed by atoms with Gasteiger partial charge in [-0.25, -0.2) is 12.8 Å². The molecule has 0 fully saturated rings. The van der Waals surface area contributed by atoms with Crippen LogP contribution in [-0.2, 0) is 10.0 Å². The Kier molecular flexibility index (Phi) is 5.73. The van der Waals surface area contributed by atoms with Crippen LogP contribution in [-0.4, -0.2) is 37.0 Å². The Bertz CT molecular complexity index is 534. The summed E-state index contributed by atoms with van der Waals surface area (Å²) in [6.07, 6.45) is 0.291. The van der Waals surface area contributed by atoms with Gasteiger partial charge in [0.1, 0.15) is 4.90 Å². The number of rotatable bonds is 6. The van der Waals surface area contributed by atoms with Crippen LogP contribution in [0.25, 0.3) is 0 Å². The Hall–Kier alpha value is -0.690. The summed E-state index contributed by atoms with van der Waals surface area (Å²) in [6, 6.07) is 3.53. The van der Waals surface area contributed by atoms with Gasteiger partial charge in [-0.15, -0.1) is 0 Å². The number of aliphatic hydroxyl groups is 1. The zero-order valence-electron chi connectivity index (χ0n) is 10.8. The van der Waals surface area contributed by atoms with Gasteiger partial charge in [0.15, 0.2) is 5.82 Å². The van der Waals surface area contributed by atoms with Crippen molar-refractivity contribution in [3.05, 3.63) is 29.0 Å². The molecule has 0 aliphatic rings. The third kappa shape index (κ3) is 3.66. The Morgan fingerprint density at radius 2 is 2.05 bits per heavy atom. The number of nitrogens with zero attached hydrogens (tertiary/aromatic N) is 1. The van der Waals surface area contributed by atoms with E-state index >= 15 is 0 Å². The van der Waals surface area contributed by atoms with Crippen LogP contribution in [0.2, 0.25) is 5.02 Å². The molecule has 1 N–H and O–H groups in total. The van der Waals surface area contributed by atoms with E-state index in [4.69, 9.17) is 16.7 Å². The Balaban J connectivity index is 3.23. The number of hydrogen-bond acceptors (Lipinski definition) is 3. The van der Waals surface area contributed by atoms with E-state index in [-0.39, 0.29) is 24.2 Å². The van der Waals surface area contributed by atoms with Crippen molar-refractivity contribution in [2.45, 2.75) is 31.2 Å². The summed E-state index contributed by atoms with van der Waals surface area (Å²) in [6.45, 7) is 3.38. The topological polar surface area (TPSA) is 57.6 Å². The van der Waals surface area contributed by atoms with E-state index in [1.807, 2.05) is 0 Å². The van der Waals surface area contributed by atoms with Crippen LogP contribution in [0.1, 0.15) is 20.3 Å². The predicted molar refractivity (Wildman–Crippen MR) is 72.1 cm³/mol. The normalized spacial score (nSPS) is 12.4. The number of hydrogen-bond donors (Lipinski definition) is 1. The minimum atomic E-state index is -3.96. The second-order valence-electron chi connectivity index (χ2n) is 4.34. The van der Waals surface area contributed by atoms with E-state index in [2.05, 4.69) is 0 Å². The number of aliphatic hydroxyl groups excluding tert-OH is 1. The molecule has 1 aromatic carbocycles. The Labute approximate surface area is 117 Å². The molecule has 1 rings (SSSR count). The first-order valence-electron chi connectivity index (χ1n) is 5.89. The average molecular weight is 310 g/mol. The SMILES string of the molecule is CC(C)N(CCCO)S(=O)(=O)c1cccc(Cl)c1F. The van der Waals surface area contributed by atoms with Crippen LogP contribution >= 0.6 is 11.6 Å². The second-order valence-corrected chi connectivity index (χ2v) is 6.60. The maximum Gasteiger partial charge on any atom is 0.246 e. The molecule has 0 aromatic heterocycles. The van der Waals surface area contributed by atoms with Crippen molar-refractivity contribution in [3.8, 4) is 0 Å². The summed E-state index contributed by atoms with van der Waals surface area (Å²) in [7, 11) is -3.96. The molecule has 0 amide bonds. The lowest BCUT2D eigenvalue weighted by Gasteiger charge is -2.25. The largest absolute Gasteiger partial charge is 0.396 e. The highest BCUT2D eigenvalue weighted by Gasteiger charge is 2.29. The molecule has 0 spiro atoms. The maximum atomic E-state index is 13.9. The van der Waals surface area contributed by atoms with E-state index < -0.39 is 20.7 Å². The molecule has 0 heterocycles. The molecule has 0 radical (unpaired) electrons. The molecule has 19 heavy (non-hydrogen) atoms. The van der Waals surface area contributed by atoms with Crippen LogP contribution in [0, 0.1) is 5.82 Å². The van der Waals surface area contributed by atoms with E-state index in [0.717, 1.165) is 4.31 Å². The smallest absolute Gasteiger partial charge is 0.246 e. The third-order valence-electron chi connectivity index (χ3n) is 2.62. The molecule has 0 saturated carbocycles. The van der Waals surface area contributed by atoms with Crippen LogP contribution in [0.15, 0.2) is 23.1 Å². The molecule has 4 nitrogen and oxygen atoms in total. The van der Waals surface area contributed by atoms with Crippen molar-refractivity contribution >= 4 is 21.6 Å². The first-order valence-corrected chi connectivity index (χ1v) is 7.71. The Morgan fingerprint density at radius 3 is 2.58 bits per heavy atom. The van der Waals surface area contributed by atoms with Gasteiger partial charge in [-0.2, -0.15) is 4.31 Å². The molecule has 0 bridgehead atoms. The first kappa shape index (κ1) is 16.4. The van der Waals surface area contributed by atoms with Crippen molar-refractivity contribution in [3.63, 3.8) is 0 Å². The lowest BCUT2D eigenvalue weighted by Crippen LogP contribution is -2.38. The minimum Gasteiger partial charge on any atom is -0.396 e. The van der Waals surface area contributed by atoms with Crippen LogP contribution < -0.4 is 0 Å². The van der Waals surface area contributed by atoms with Gasteiger partial charge in [-0.05, 0) is 32.4 Å². The van der Waals surface area contributed by atoms with E-state index in [1.165, 1.54) is 18.2 Å². The molecule has 1 aromatic rings. The van der Waals surface area contributed by atoms with Crippen LogP contribution in [0.5, 0.6) is 0 Å². The van der Waals surface area contributed by atoms with Gasteiger partial charge in [0.2, 0.25) is 10.0 Å². The summed E-state index contributed by atoms with van der Waals surface area (Å²) < 4.78 is 39.8. The fraction of sp³-hybridized carbons (Fsp3) is 0.500. The van der Waals surface area contributed by atoms with Crippen molar-refractivity contribution in [1.29, 1.82) is 0 Å². The molecular formula is C12H17ClFNO3S. The number of sulfonamides is 1. The van der Waals surface area contributed by atoms with Crippen molar-refractivity contribution < 1.29 is 17.9 Å². The summed E-state index contributed by atoms with van der Waals surface area (Å²) in [4.78, 5) is -0.438. The Morgan fingerprint density at radius 1 is 1.42 bits per heavy atom. The highest BCUT2D eigenvalue weighted by molar-refractivity contribution is 7.89. The summed E-state index contributed by atoms with van der Waals surface area (Å²) in [5, 5.41) is 8.59. The molecule has 0 unspecified atom stereocenters. The van der Waals surface area contributed by atoms with Gasteiger partial charge >= 0.3 is 0 Å². The average Bonchev–Trinajstić information content (AvgIpc) is 2.32. The molecule has 0 saturated heterocycles. The summed E-state index contributed by atoms with van der Waals surface area (Å²) in [5.41, 5.74) is 0. The molecule has 7 heteroatoms. The lowest BCUT2D eigenvalue weighted by atomic mass is 10.3. The quantitative estimate of drug-likeness (QED) is 0.877. The molecule has 0 atom stereocenters. The van der Waals surface area contributed by atoms with Gasteiger partial charge in [0, 0.05) is 19.2 Å². The third-order valence-corrected chi connectivity index (χ3v) is 5.00. The number of benzene rings is 1. The predicted octanol–water partition coefficient (Wildman–Crippen LogP) is 2.26. The zero-order valence-corrected chi connectivity index (χ0v) is 12.4. The lowest BCUT2D eigenvalue weighted by molar-refractivity contribution is 0.258. The van der Waals surface area contributed by atoms with Gasteiger partial charge in [-0.1, -0.05) is 17.7 Å². The minimum absolute atomic E-state index is 0.127. The monoisotopic (exact) mass is 309 g/mol. The van der Waals surface area contributed by atoms with E-state index in [9.17, 15) is 12.8 Å². The van der Waals surface area contributed by atoms with Crippen LogP contribution in [0.3, 0.4) is 0 Å². The number of halogens is 2. The fourth-order valence-electron chi connectivity index (χ4n) is 1.69. The zero-order chi connectivity index (χ0) is 14.6. The highest BCUT2D eigenvalue weighted by Crippen LogP contribution is 2.25. The summed E-state index contributed by atoms with van der Waals surface area (Å²) in [5.74, 6) is -0.946. The molecule has 108 valence electrons. The maximum absolute atomic E-state index is 13.9. The van der Waals surface area contributed by atoms with Gasteiger partial charge in [0.05, 0.1) is 5.02 Å². The second kappa shape index (κ2) is 6.65. The van der Waals surface area contributed by atoms with Crippen molar-refractivity contribution in [1.82, 2.24) is 4.31 Å². The van der Waals surface area contributed by atoms with Gasteiger partial charge in [0.25, 0.3) is 0 Å². The van der Waals surface area contributed by atoms with Crippen molar-refractivity contribution in [2.75, 3.05) is 13.2 Å². The first-order chi connectivity index (χ1) is 8.82. The van der Waals surface area contributed by atoms with Gasteiger partial charge in [-0.3, -0.25) is 0 Å². The van der Waals surface area contributed by atoms with Crippen molar-refractivity contribution in [2.24, 2.45) is 0 Å². The van der Waals surface area contributed by atoms with E-state index in [1.54, 1.807) is 13.8 Å². The molecule has 0 aliphatic carbocycles. The highest BCUT2D eigenvalue weighted by atomic mass is 35.5. The van der Waals surface area contributed by atoms with E-state index in [0.29, 0.717) is 6.42 Å². The molecular weight excluding hydrogens is 293 g/mol.